The summed E-state index contributed by atoms with van der Waals surface area (Å²) < 4.78 is 1.63. The summed E-state index contributed by atoms with van der Waals surface area (Å²) in [5.74, 6) is 0.00880. The maximum atomic E-state index is 12.6. The van der Waals surface area contributed by atoms with Crippen LogP contribution < -0.4 is 0 Å². The van der Waals surface area contributed by atoms with Crippen LogP contribution in [0.4, 0.5) is 0 Å². The minimum Gasteiger partial charge on any atom is -0.411 e. The maximum absolute atomic E-state index is 12.6. The Bertz CT molecular complexity index is 678. The van der Waals surface area contributed by atoms with Gasteiger partial charge < -0.3 is 10.1 Å². The minimum atomic E-state index is -0.0585. The molecule has 0 radical (unpaired) electrons. The van der Waals surface area contributed by atoms with Crippen LogP contribution in [-0.4, -0.2) is 49.4 Å². The lowest BCUT2D eigenvalue weighted by atomic mass is 9.97. The SMILES string of the molecule is CC1CN(C(=O)c2cnn3ccncc23)CC/C1=N\O. The second kappa shape index (κ2) is 4.92. The standard InChI is InChI=1S/C13H15N5O2/c1-9-8-17(4-2-11(9)16-20)13(19)10-6-15-18-5-3-14-7-12(10)18/h3,5-7,9,20H,2,4,8H2,1H3/b16-11+. The van der Waals surface area contributed by atoms with Gasteiger partial charge in [-0.3, -0.25) is 9.78 Å². The molecule has 1 saturated heterocycles. The Morgan fingerprint density at radius 3 is 3.10 bits per heavy atom. The van der Waals surface area contributed by atoms with Gasteiger partial charge in [0, 0.05) is 37.8 Å². The van der Waals surface area contributed by atoms with Crippen molar-refractivity contribution in [2.24, 2.45) is 11.1 Å². The van der Waals surface area contributed by atoms with Crippen LogP contribution in [0, 0.1) is 5.92 Å². The van der Waals surface area contributed by atoms with E-state index in [1.807, 2.05) is 6.92 Å². The van der Waals surface area contributed by atoms with E-state index < -0.39 is 0 Å². The third kappa shape index (κ3) is 2.01. The van der Waals surface area contributed by atoms with Gasteiger partial charge >= 0.3 is 0 Å². The fourth-order valence-electron chi connectivity index (χ4n) is 2.53. The average Bonchev–Trinajstić information content (AvgIpc) is 2.90. The molecule has 1 amide bonds. The highest BCUT2D eigenvalue weighted by molar-refractivity contribution is 6.01. The van der Waals surface area contributed by atoms with Gasteiger partial charge in [-0.2, -0.15) is 5.10 Å². The van der Waals surface area contributed by atoms with Gasteiger partial charge in [0.05, 0.1) is 29.2 Å². The Morgan fingerprint density at radius 2 is 2.35 bits per heavy atom. The van der Waals surface area contributed by atoms with Crippen LogP contribution in [-0.2, 0) is 0 Å². The Labute approximate surface area is 115 Å². The van der Waals surface area contributed by atoms with Crippen molar-refractivity contribution in [2.45, 2.75) is 13.3 Å². The van der Waals surface area contributed by atoms with Crippen LogP contribution in [0.15, 0.2) is 29.9 Å². The summed E-state index contributed by atoms with van der Waals surface area (Å²) in [6, 6.07) is 0. The molecule has 1 N–H and O–H groups in total. The predicted molar refractivity (Wildman–Crippen MR) is 71.9 cm³/mol. The molecule has 0 aliphatic carbocycles. The lowest BCUT2D eigenvalue weighted by Crippen LogP contribution is -2.43. The molecule has 0 spiro atoms. The number of piperidine rings is 1. The number of hydrogen-bond acceptors (Lipinski definition) is 5. The number of nitrogens with zero attached hydrogens (tertiary/aromatic N) is 5. The van der Waals surface area contributed by atoms with Gasteiger partial charge in [-0.1, -0.05) is 12.1 Å². The molecular formula is C13H15N5O2. The number of aromatic nitrogens is 3. The van der Waals surface area contributed by atoms with Crippen LogP contribution in [0.5, 0.6) is 0 Å². The van der Waals surface area contributed by atoms with Gasteiger partial charge in [-0.15, -0.1) is 0 Å². The van der Waals surface area contributed by atoms with Crippen molar-refractivity contribution in [3.63, 3.8) is 0 Å². The second-order valence-electron chi connectivity index (χ2n) is 4.96. The van der Waals surface area contributed by atoms with Crippen molar-refractivity contribution in [3.8, 4) is 0 Å². The zero-order valence-corrected chi connectivity index (χ0v) is 11.1. The van der Waals surface area contributed by atoms with E-state index in [-0.39, 0.29) is 11.8 Å². The monoisotopic (exact) mass is 273 g/mol. The van der Waals surface area contributed by atoms with Gasteiger partial charge in [0.2, 0.25) is 0 Å². The number of oxime groups is 1. The number of amides is 1. The summed E-state index contributed by atoms with van der Waals surface area (Å²) in [7, 11) is 0. The van der Waals surface area contributed by atoms with E-state index in [1.165, 1.54) is 0 Å². The van der Waals surface area contributed by atoms with Crippen LogP contribution in [0.1, 0.15) is 23.7 Å². The lowest BCUT2D eigenvalue weighted by Gasteiger charge is -2.31. The molecule has 2 aromatic heterocycles. The summed E-state index contributed by atoms with van der Waals surface area (Å²) in [5, 5.41) is 16.3. The van der Waals surface area contributed by atoms with Crippen LogP contribution in [0.3, 0.4) is 0 Å². The number of carbonyl (C=O) groups excluding carboxylic acids is 1. The number of carbonyl (C=O) groups is 1. The Morgan fingerprint density at radius 1 is 1.50 bits per heavy atom. The molecule has 3 heterocycles. The topological polar surface area (TPSA) is 83.1 Å². The van der Waals surface area contributed by atoms with E-state index >= 15 is 0 Å². The largest absolute Gasteiger partial charge is 0.411 e. The highest BCUT2D eigenvalue weighted by Gasteiger charge is 2.28. The molecule has 0 bridgehead atoms. The first-order valence-electron chi connectivity index (χ1n) is 6.48. The van der Waals surface area contributed by atoms with E-state index in [4.69, 9.17) is 5.21 Å². The summed E-state index contributed by atoms with van der Waals surface area (Å²) in [5.41, 5.74) is 2.00. The lowest BCUT2D eigenvalue weighted by molar-refractivity contribution is 0.0736. The van der Waals surface area contributed by atoms with Gasteiger partial charge in [-0.05, 0) is 0 Å². The molecule has 1 fully saturated rings. The van der Waals surface area contributed by atoms with Gasteiger partial charge in [0.25, 0.3) is 5.91 Å². The Kier molecular flexibility index (Phi) is 3.09. The fourth-order valence-corrected chi connectivity index (χ4v) is 2.53. The van der Waals surface area contributed by atoms with Gasteiger partial charge in [0.15, 0.2) is 0 Å². The van der Waals surface area contributed by atoms with Gasteiger partial charge in [0.1, 0.15) is 0 Å². The number of rotatable bonds is 1. The minimum absolute atomic E-state index is 0.0585. The maximum Gasteiger partial charge on any atom is 0.257 e. The van der Waals surface area contributed by atoms with Crippen LogP contribution in [0.2, 0.25) is 0 Å². The third-order valence-corrected chi connectivity index (χ3v) is 3.67. The summed E-state index contributed by atoms with van der Waals surface area (Å²) in [4.78, 5) is 18.4. The zero-order chi connectivity index (χ0) is 14.1. The summed E-state index contributed by atoms with van der Waals surface area (Å²) >= 11 is 0. The second-order valence-corrected chi connectivity index (χ2v) is 4.96. The van der Waals surface area contributed by atoms with Crippen molar-refractivity contribution in [3.05, 3.63) is 30.4 Å². The fraction of sp³-hybridized carbons (Fsp3) is 0.385. The summed E-state index contributed by atoms with van der Waals surface area (Å²) in [6.45, 7) is 3.06. The van der Waals surface area contributed by atoms with E-state index in [0.717, 1.165) is 5.71 Å². The predicted octanol–water partition coefficient (Wildman–Crippen LogP) is 1.04. The van der Waals surface area contributed by atoms with Gasteiger partial charge in [-0.25, -0.2) is 4.52 Å². The van der Waals surface area contributed by atoms with Crippen molar-refractivity contribution >= 4 is 17.1 Å². The average molecular weight is 273 g/mol. The van der Waals surface area contributed by atoms with Crippen molar-refractivity contribution in [2.75, 3.05) is 13.1 Å². The number of likely N-dealkylation sites (tertiary alicyclic amines) is 1. The molecular weight excluding hydrogens is 258 g/mol. The smallest absolute Gasteiger partial charge is 0.257 e. The van der Waals surface area contributed by atoms with Crippen molar-refractivity contribution in [1.82, 2.24) is 19.5 Å². The van der Waals surface area contributed by atoms with E-state index in [9.17, 15) is 4.79 Å². The number of fused-ring (bicyclic) bond motifs is 1. The number of hydrogen-bond donors (Lipinski definition) is 1. The summed E-state index contributed by atoms with van der Waals surface area (Å²) in [6.07, 6.45) is 7.14. The van der Waals surface area contributed by atoms with E-state index in [2.05, 4.69) is 15.2 Å². The molecule has 1 aliphatic heterocycles. The van der Waals surface area contributed by atoms with Crippen LogP contribution >= 0.6 is 0 Å². The quantitative estimate of drug-likeness (QED) is 0.621. The molecule has 0 saturated carbocycles. The molecule has 7 heteroatoms. The molecule has 3 rings (SSSR count). The zero-order valence-electron chi connectivity index (χ0n) is 11.1. The molecule has 1 aliphatic rings. The van der Waals surface area contributed by atoms with Crippen molar-refractivity contribution < 1.29 is 10.0 Å². The van der Waals surface area contributed by atoms with E-state index in [0.29, 0.717) is 30.6 Å². The Hall–Kier alpha value is -2.44. The first kappa shape index (κ1) is 12.6. The van der Waals surface area contributed by atoms with Crippen molar-refractivity contribution in [1.29, 1.82) is 0 Å². The molecule has 20 heavy (non-hydrogen) atoms. The molecule has 104 valence electrons. The first-order valence-corrected chi connectivity index (χ1v) is 6.48. The molecule has 1 atom stereocenters. The molecule has 0 aromatic carbocycles. The van der Waals surface area contributed by atoms with Crippen LogP contribution in [0.25, 0.3) is 5.52 Å². The molecule has 2 aromatic rings. The highest BCUT2D eigenvalue weighted by Crippen LogP contribution is 2.18. The first-order chi connectivity index (χ1) is 9.70. The molecule has 7 nitrogen and oxygen atoms in total. The normalized spacial score (nSPS) is 21.6. The Balaban J connectivity index is 1.86. The molecule has 1 unspecified atom stereocenters. The van der Waals surface area contributed by atoms with E-state index in [1.54, 1.807) is 34.2 Å². The highest BCUT2D eigenvalue weighted by atomic mass is 16.4. The third-order valence-electron chi connectivity index (χ3n) is 3.67.